The summed E-state index contributed by atoms with van der Waals surface area (Å²) in [6.45, 7) is 2.64. The summed E-state index contributed by atoms with van der Waals surface area (Å²) in [7, 11) is 0. The Labute approximate surface area is 140 Å². The van der Waals surface area contributed by atoms with Crippen molar-refractivity contribution in [2.75, 3.05) is 11.4 Å². The molecule has 0 unspecified atom stereocenters. The Morgan fingerprint density at radius 3 is 2.75 bits per heavy atom. The topological polar surface area (TPSA) is 49.4 Å². The maximum absolute atomic E-state index is 13.6. The summed E-state index contributed by atoms with van der Waals surface area (Å²) in [4.78, 5) is 25.9. The van der Waals surface area contributed by atoms with Crippen molar-refractivity contribution in [3.05, 3.63) is 65.0 Å². The molecule has 1 aliphatic heterocycles. The second kappa shape index (κ2) is 6.83. The van der Waals surface area contributed by atoms with Crippen LogP contribution in [0.4, 0.5) is 10.1 Å². The van der Waals surface area contributed by atoms with Gasteiger partial charge in [0.25, 0.3) is 5.91 Å². The van der Waals surface area contributed by atoms with Gasteiger partial charge in [-0.2, -0.15) is 0 Å². The average Bonchev–Trinajstić information content (AvgIpc) is 3.03. The average molecular weight is 326 g/mol. The van der Waals surface area contributed by atoms with E-state index in [2.05, 4.69) is 5.32 Å². The molecule has 0 saturated heterocycles. The fourth-order valence-electron chi connectivity index (χ4n) is 2.91. The zero-order valence-electron chi connectivity index (χ0n) is 13.5. The summed E-state index contributed by atoms with van der Waals surface area (Å²) in [5, 5.41) is 2.73. The van der Waals surface area contributed by atoms with Crippen LogP contribution in [0.2, 0.25) is 0 Å². The first-order chi connectivity index (χ1) is 11.6. The molecule has 124 valence electrons. The minimum atomic E-state index is -0.333. The van der Waals surface area contributed by atoms with Crippen molar-refractivity contribution in [2.24, 2.45) is 0 Å². The zero-order valence-corrected chi connectivity index (χ0v) is 13.5. The Bertz CT molecular complexity index is 789. The third-order valence-electron chi connectivity index (χ3n) is 4.24. The molecular weight excluding hydrogens is 307 g/mol. The summed E-state index contributed by atoms with van der Waals surface area (Å²) >= 11 is 0. The van der Waals surface area contributed by atoms with Crippen LogP contribution in [0.3, 0.4) is 0 Å². The van der Waals surface area contributed by atoms with Crippen LogP contribution < -0.4 is 10.2 Å². The molecule has 2 aromatic carbocycles. The van der Waals surface area contributed by atoms with E-state index in [-0.39, 0.29) is 24.2 Å². The van der Waals surface area contributed by atoms with E-state index in [9.17, 15) is 14.0 Å². The van der Waals surface area contributed by atoms with E-state index in [1.807, 2.05) is 19.1 Å². The van der Waals surface area contributed by atoms with Crippen molar-refractivity contribution >= 4 is 17.5 Å². The highest BCUT2D eigenvalue weighted by molar-refractivity contribution is 5.98. The minimum absolute atomic E-state index is 0.0884. The number of halogens is 1. The molecule has 0 bridgehead atoms. The number of hydrogen-bond donors (Lipinski definition) is 1. The van der Waals surface area contributed by atoms with Gasteiger partial charge in [0.2, 0.25) is 5.91 Å². The van der Waals surface area contributed by atoms with E-state index in [0.717, 1.165) is 17.7 Å². The van der Waals surface area contributed by atoms with E-state index in [1.54, 1.807) is 29.2 Å². The Morgan fingerprint density at radius 2 is 2.00 bits per heavy atom. The van der Waals surface area contributed by atoms with Crippen molar-refractivity contribution in [1.29, 1.82) is 0 Å². The number of benzene rings is 2. The third kappa shape index (κ3) is 3.15. The molecule has 1 heterocycles. The smallest absolute Gasteiger partial charge is 0.251 e. The van der Waals surface area contributed by atoms with E-state index in [4.69, 9.17) is 0 Å². The summed E-state index contributed by atoms with van der Waals surface area (Å²) in [5.41, 5.74) is 2.85. The molecule has 3 rings (SSSR count). The second-order valence-corrected chi connectivity index (χ2v) is 5.77. The molecule has 0 fully saturated rings. The van der Waals surface area contributed by atoms with Crippen LogP contribution >= 0.6 is 0 Å². The molecule has 5 heteroatoms. The van der Waals surface area contributed by atoms with Crippen molar-refractivity contribution in [3.63, 3.8) is 0 Å². The van der Waals surface area contributed by atoms with Gasteiger partial charge in [-0.05, 0) is 36.2 Å². The predicted octanol–water partition coefficient (Wildman–Crippen LogP) is 3.05. The van der Waals surface area contributed by atoms with E-state index < -0.39 is 0 Å². The van der Waals surface area contributed by atoms with Crippen LogP contribution in [-0.4, -0.2) is 18.4 Å². The van der Waals surface area contributed by atoms with Crippen molar-refractivity contribution in [2.45, 2.75) is 26.3 Å². The van der Waals surface area contributed by atoms with Crippen LogP contribution in [0.5, 0.6) is 0 Å². The van der Waals surface area contributed by atoms with E-state index >= 15 is 0 Å². The summed E-state index contributed by atoms with van der Waals surface area (Å²) in [5.74, 6) is -0.493. The highest BCUT2D eigenvalue weighted by Gasteiger charge is 2.24. The van der Waals surface area contributed by atoms with Gasteiger partial charge >= 0.3 is 0 Å². The standard InChI is InChI=1S/C19H19FN2O2/c1-2-18(23)22-10-9-13-11-14(7-8-17(13)22)19(24)21-12-15-5-3-4-6-16(15)20/h3-8,11H,2,9-10,12H2,1H3,(H,21,24). The first-order valence-electron chi connectivity index (χ1n) is 8.05. The molecule has 2 aromatic rings. The molecule has 1 N–H and O–H groups in total. The van der Waals surface area contributed by atoms with Crippen molar-refractivity contribution < 1.29 is 14.0 Å². The van der Waals surface area contributed by atoms with Gasteiger partial charge < -0.3 is 10.2 Å². The number of carbonyl (C=O) groups is 2. The summed E-state index contributed by atoms with van der Waals surface area (Å²) in [6, 6.07) is 11.7. The normalized spacial score (nSPS) is 12.8. The van der Waals surface area contributed by atoms with Crippen LogP contribution in [0.25, 0.3) is 0 Å². The molecule has 0 aliphatic carbocycles. The van der Waals surface area contributed by atoms with Crippen LogP contribution in [0.15, 0.2) is 42.5 Å². The third-order valence-corrected chi connectivity index (χ3v) is 4.24. The van der Waals surface area contributed by atoms with Gasteiger partial charge in [0.15, 0.2) is 0 Å². The molecule has 2 amide bonds. The molecule has 0 aromatic heterocycles. The Hall–Kier alpha value is -2.69. The number of nitrogens with zero attached hydrogens (tertiary/aromatic N) is 1. The van der Waals surface area contributed by atoms with Crippen LogP contribution in [-0.2, 0) is 17.8 Å². The largest absolute Gasteiger partial charge is 0.348 e. The number of nitrogens with one attached hydrogen (secondary N) is 1. The molecule has 0 spiro atoms. The Balaban J connectivity index is 1.71. The Kier molecular flexibility index (Phi) is 4.60. The lowest BCUT2D eigenvalue weighted by molar-refractivity contribution is -0.118. The summed E-state index contributed by atoms with van der Waals surface area (Å²) < 4.78 is 13.6. The molecule has 0 atom stereocenters. The van der Waals surface area contributed by atoms with Crippen LogP contribution in [0, 0.1) is 5.82 Å². The highest BCUT2D eigenvalue weighted by Crippen LogP contribution is 2.29. The number of anilines is 1. The lowest BCUT2D eigenvalue weighted by Gasteiger charge is -2.16. The fraction of sp³-hybridized carbons (Fsp3) is 0.263. The summed E-state index contributed by atoms with van der Waals surface area (Å²) in [6.07, 6.45) is 1.21. The van der Waals surface area contributed by atoms with Crippen molar-refractivity contribution in [3.8, 4) is 0 Å². The van der Waals surface area contributed by atoms with Gasteiger partial charge in [0.05, 0.1) is 0 Å². The minimum Gasteiger partial charge on any atom is -0.348 e. The number of carbonyl (C=O) groups excluding carboxylic acids is 2. The molecule has 0 radical (unpaired) electrons. The van der Waals surface area contributed by atoms with Gasteiger partial charge in [-0.25, -0.2) is 4.39 Å². The van der Waals surface area contributed by atoms with E-state index in [1.165, 1.54) is 6.07 Å². The van der Waals surface area contributed by atoms with E-state index in [0.29, 0.717) is 24.1 Å². The number of amides is 2. The number of fused-ring (bicyclic) bond motifs is 1. The second-order valence-electron chi connectivity index (χ2n) is 5.77. The first-order valence-corrected chi connectivity index (χ1v) is 8.05. The van der Waals surface area contributed by atoms with Gasteiger partial charge in [-0.1, -0.05) is 25.1 Å². The highest BCUT2D eigenvalue weighted by atomic mass is 19.1. The number of hydrogen-bond acceptors (Lipinski definition) is 2. The molecule has 24 heavy (non-hydrogen) atoms. The zero-order chi connectivity index (χ0) is 17.1. The van der Waals surface area contributed by atoms with Crippen LogP contribution in [0.1, 0.15) is 34.8 Å². The molecular formula is C19H19FN2O2. The van der Waals surface area contributed by atoms with Gasteiger partial charge in [0, 0.05) is 36.3 Å². The lowest BCUT2D eigenvalue weighted by atomic mass is 10.1. The number of rotatable bonds is 4. The molecule has 1 aliphatic rings. The molecule has 0 saturated carbocycles. The van der Waals surface area contributed by atoms with Gasteiger partial charge in [-0.15, -0.1) is 0 Å². The maximum atomic E-state index is 13.6. The van der Waals surface area contributed by atoms with Gasteiger partial charge in [-0.3, -0.25) is 9.59 Å². The SMILES string of the molecule is CCC(=O)N1CCc2cc(C(=O)NCc3ccccc3F)ccc21. The molecule has 4 nitrogen and oxygen atoms in total. The Morgan fingerprint density at radius 1 is 1.21 bits per heavy atom. The lowest BCUT2D eigenvalue weighted by Crippen LogP contribution is -2.27. The first kappa shape index (κ1) is 16.2. The monoisotopic (exact) mass is 326 g/mol. The predicted molar refractivity (Wildman–Crippen MR) is 90.4 cm³/mol. The van der Waals surface area contributed by atoms with Gasteiger partial charge in [0.1, 0.15) is 5.82 Å². The quantitative estimate of drug-likeness (QED) is 0.939. The maximum Gasteiger partial charge on any atom is 0.251 e. The van der Waals surface area contributed by atoms with Crippen molar-refractivity contribution in [1.82, 2.24) is 5.32 Å². The fourth-order valence-corrected chi connectivity index (χ4v) is 2.91.